The summed E-state index contributed by atoms with van der Waals surface area (Å²) in [5, 5.41) is 18.5. The van der Waals surface area contributed by atoms with E-state index in [4.69, 9.17) is 14.6 Å². The van der Waals surface area contributed by atoms with Gasteiger partial charge in [0, 0.05) is 31.1 Å². The quantitative estimate of drug-likeness (QED) is 0.561. The van der Waals surface area contributed by atoms with E-state index in [1.165, 1.54) is 6.61 Å². The molecule has 0 aromatic heterocycles. The van der Waals surface area contributed by atoms with Crippen LogP contribution in [0.1, 0.15) is 6.92 Å². The van der Waals surface area contributed by atoms with E-state index >= 15 is 0 Å². The van der Waals surface area contributed by atoms with Crippen LogP contribution in [-0.4, -0.2) is 40.7 Å². The molecule has 0 amide bonds. The SMILES string of the molecule is C[C@H]1O[C@H]2[CH-]O[C@]1(CO)[C@H]2O.[U]. The molecule has 2 N–H and O–H groups in total. The summed E-state index contributed by atoms with van der Waals surface area (Å²) in [6.07, 6.45) is -1.32. The zero-order chi connectivity index (χ0) is 8.06. The van der Waals surface area contributed by atoms with Crippen LogP contribution in [-0.2, 0) is 9.47 Å². The van der Waals surface area contributed by atoms with Crippen LogP contribution in [0.2, 0.25) is 0 Å². The third-order valence-corrected chi connectivity index (χ3v) is 2.53. The first-order chi connectivity index (χ1) is 5.20. The van der Waals surface area contributed by atoms with Gasteiger partial charge in [0.2, 0.25) is 0 Å². The van der Waals surface area contributed by atoms with Gasteiger partial charge in [-0.1, -0.05) is 0 Å². The molecule has 0 unspecified atom stereocenters. The van der Waals surface area contributed by atoms with Crippen molar-refractivity contribution in [3.63, 3.8) is 0 Å². The second kappa shape index (κ2) is 3.57. The molecule has 4 atom stereocenters. The third-order valence-electron chi connectivity index (χ3n) is 2.53. The number of ether oxygens (including phenoxy) is 2. The van der Waals surface area contributed by atoms with Gasteiger partial charge in [-0.2, -0.15) is 6.61 Å². The minimum absolute atomic E-state index is 0. The molecule has 2 saturated heterocycles. The van der Waals surface area contributed by atoms with Crippen molar-refractivity contribution in [2.75, 3.05) is 6.61 Å². The monoisotopic (exact) mass is 397 g/mol. The van der Waals surface area contributed by atoms with E-state index in [-0.39, 0.29) is 49.9 Å². The number of fused-ring (bicyclic) bond motifs is 2. The van der Waals surface area contributed by atoms with E-state index in [1.807, 2.05) is 0 Å². The minimum Gasteiger partial charge on any atom is -0.539 e. The van der Waals surface area contributed by atoms with Gasteiger partial charge in [-0.05, 0) is 13.0 Å². The zero-order valence-electron chi connectivity index (χ0n) is 6.73. The molecule has 68 valence electrons. The zero-order valence-corrected chi connectivity index (χ0v) is 10.9. The molecule has 2 fully saturated rings. The summed E-state index contributed by atoms with van der Waals surface area (Å²) in [6, 6.07) is 0. The van der Waals surface area contributed by atoms with Gasteiger partial charge in [-0.15, -0.1) is 0 Å². The van der Waals surface area contributed by atoms with E-state index in [9.17, 15) is 5.11 Å². The molecule has 0 aliphatic carbocycles. The summed E-state index contributed by atoms with van der Waals surface area (Å²) in [5.41, 5.74) is -0.898. The topological polar surface area (TPSA) is 58.9 Å². The smallest absolute Gasteiger partial charge is 0.111 e. The predicted octanol–water partition coefficient (Wildman–Crippen LogP) is -0.942. The molecule has 2 heterocycles. The van der Waals surface area contributed by atoms with Gasteiger partial charge in [-0.3, -0.25) is 0 Å². The van der Waals surface area contributed by atoms with Crippen LogP contribution in [0, 0.1) is 37.7 Å². The number of rotatable bonds is 1. The van der Waals surface area contributed by atoms with Crippen LogP contribution in [0.3, 0.4) is 0 Å². The Balaban J connectivity index is 0.000000720. The van der Waals surface area contributed by atoms with E-state index in [2.05, 4.69) is 0 Å². The first-order valence-electron chi connectivity index (χ1n) is 3.66. The number of hydrogen-bond acceptors (Lipinski definition) is 4. The molecular weight excluding hydrogens is 386 g/mol. The van der Waals surface area contributed by atoms with Crippen molar-refractivity contribution in [2.24, 2.45) is 0 Å². The van der Waals surface area contributed by atoms with Crippen molar-refractivity contribution in [2.45, 2.75) is 30.8 Å². The van der Waals surface area contributed by atoms with Crippen molar-refractivity contribution >= 4 is 0 Å². The van der Waals surface area contributed by atoms with Gasteiger partial charge >= 0.3 is 0 Å². The van der Waals surface area contributed by atoms with Crippen LogP contribution >= 0.6 is 0 Å². The Morgan fingerprint density at radius 2 is 2.25 bits per heavy atom. The normalized spacial score (nSPS) is 50.8. The Bertz CT molecular complexity index is 177. The molecule has 5 heteroatoms. The Labute approximate surface area is 94.6 Å². The summed E-state index contributed by atoms with van der Waals surface area (Å²) in [6.45, 7) is 3.02. The van der Waals surface area contributed by atoms with Crippen LogP contribution in [0.4, 0.5) is 0 Å². The van der Waals surface area contributed by atoms with Crippen LogP contribution in [0.25, 0.3) is 0 Å². The Kier molecular flexibility index (Phi) is 3.26. The van der Waals surface area contributed by atoms with Crippen molar-refractivity contribution in [3.8, 4) is 0 Å². The standard InChI is InChI=1S/C7H11O4.U/c1-4-7(3-8)6(9)5(11-4)2-10-7;/h2,4-6,8-9H,3H2,1H3;/q-1;/t4-,5+,6+,7+;/m1./s1. The maximum absolute atomic E-state index is 9.51. The molecule has 0 radical (unpaired) electrons. The molecule has 0 saturated carbocycles. The predicted molar refractivity (Wildman–Crippen MR) is 35.5 cm³/mol. The fourth-order valence-corrected chi connectivity index (χ4v) is 1.67. The summed E-state index contributed by atoms with van der Waals surface area (Å²) in [4.78, 5) is 0. The summed E-state index contributed by atoms with van der Waals surface area (Å²) >= 11 is 0. The maximum Gasteiger partial charge on any atom is 0.111 e. The van der Waals surface area contributed by atoms with Crippen molar-refractivity contribution in [1.29, 1.82) is 0 Å². The van der Waals surface area contributed by atoms with E-state index in [0.717, 1.165) is 0 Å². The number of aliphatic hydroxyl groups is 2. The van der Waals surface area contributed by atoms with Gasteiger partial charge in [0.25, 0.3) is 0 Å². The van der Waals surface area contributed by atoms with Gasteiger partial charge in [0.1, 0.15) is 5.60 Å². The molecule has 2 aliphatic heterocycles. The summed E-state index contributed by atoms with van der Waals surface area (Å²) in [7, 11) is 0. The number of hydrogen-bond donors (Lipinski definition) is 2. The van der Waals surface area contributed by atoms with Gasteiger partial charge in [0.15, 0.2) is 0 Å². The van der Waals surface area contributed by atoms with Gasteiger partial charge in [-0.25, -0.2) is 0 Å². The maximum atomic E-state index is 9.51. The molecule has 0 aromatic rings. The third kappa shape index (κ3) is 1.19. The van der Waals surface area contributed by atoms with E-state index in [1.54, 1.807) is 6.92 Å². The second-order valence-electron chi connectivity index (χ2n) is 3.05. The molecule has 2 rings (SSSR count). The van der Waals surface area contributed by atoms with Gasteiger partial charge in [0.05, 0.1) is 18.8 Å². The molecule has 0 aromatic carbocycles. The summed E-state index contributed by atoms with van der Waals surface area (Å²) in [5.74, 6) is 0. The summed E-state index contributed by atoms with van der Waals surface area (Å²) < 4.78 is 10.4. The van der Waals surface area contributed by atoms with Gasteiger partial charge < -0.3 is 19.7 Å². The molecule has 12 heavy (non-hydrogen) atoms. The largest absolute Gasteiger partial charge is 0.539 e. The fourth-order valence-electron chi connectivity index (χ4n) is 1.67. The minimum atomic E-state index is -0.898. The van der Waals surface area contributed by atoms with E-state index in [0.29, 0.717) is 0 Å². The average Bonchev–Trinajstić information content (AvgIpc) is 2.42. The molecule has 2 aliphatic rings. The Morgan fingerprint density at radius 1 is 1.58 bits per heavy atom. The molecular formula is C7H11O4U-. The number of aliphatic hydroxyl groups excluding tert-OH is 2. The van der Waals surface area contributed by atoms with E-state index < -0.39 is 11.7 Å². The van der Waals surface area contributed by atoms with Crippen LogP contribution in [0.15, 0.2) is 0 Å². The Morgan fingerprint density at radius 3 is 2.50 bits per heavy atom. The molecule has 4 nitrogen and oxygen atoms in total. The first kappa shape index (κ1) is 11.0. The van der Waals surface area contributed by atoms with Crippen LogP contribution < -0.4 is 0 Å². The van der Waals surface area contributed by atoms with Crippen molar-refractivity contribution < 1.29 is 50.8 Å². The van der Waals surface area contributed by atoms with Crippen molar-refractivity contribution in [3.05, 3.63) is 6.61 Å². The second-order valence-corrected chi connectivity index (χ2v) is 3.05. The average molecular weight is 397 g/mol. The Hall–Kier alpha value is 0.892. The fraction of sp³-hybridized carbons (Fsp3) is 0.857. The first-order valence-corrected chi connectivity index (χ1v) is 3.66. The van der Waals surface area contributed by atoms with Crippen molar-refractivity contribution in [1.82, 2.24) is 0 Å². The molecule has 0 spiro atoms. The molecule has 2 bridgehead atoms. The van der Waals surface area contributed by atoms with Crippen LogP contribution in [0.5, 0.6) is 0 Å².